The molecule has 0 bridgehead atoms. The molecule has 0 aromatic carbocycles. The molecule has 0 atom stereocenters. The standard InChI is InChI=1S/C108H207N7O15S12/c1-7-13-19-25-31-37-43-49-88-131-137-94-82-125-103(119)61-76-112(77-62-104(120)126-83-95-138-132-89-50-44-38-32-26-20-14-8-2)70-55-67-109-100(116)58-73-115(74-59-101(117)110-68-56-71-113(78-63-105(121)127-84-96-139-133-90-51-45-39-33-27-21-15-9-3)79-64-106(122)128-85-97-140-134-91-52-46-40-34-28-22-16-10-4)75-60-102(118)111-69-57-72-114(80-65-107(123)129-86-98-141-135-92-53-47-41-35-29-23-17-11-5)81-66-108(124)130-87-99-142-136-93-54-48-42-36-30-24-18-12-6/h7-99H2,1-6H3,(H,109,116)(H,110,117)(H,111,118). The van der Waals surface area contributed by atoms with Gasteiger partial charge in [-0.05, 0) is 77.4 Å². The van der Waals surface area contributed by atoms with E-state index in [4.69, 9.17) is 28.4 Å². The minimum atomic E-state index is -0.285. The van der Waals surface area contributed by atoms with E-state index in [1.807, 2.05) is 69.7 Å². The SMILES string of the molecule is CCCCCCCCCCSSCCOC(=O)CCN(CCCNC(=O)CCN(CCC(=O)NCCCN(CCC(=O)OCCSSCCCCCCCCCC)CCC(=O)OCCSSCCCCCCCCCC)CCC(=O)NCCCN(CCC(=O)OCCSSCCCCCCCCCC)CCC(=O)OCCSSCCCCCCCCCC)CCC(=O)OCCSSCCCCCCCCCC. The number of carbonyl (C=O) groups excluding carboxylic acids is 9. The van der Waals surface area contributed by atoms with Crippen LogP contribution in [0.3, 0.4) is 0 Å². The van der Waals surface area contributed by atoms with Crippen molar-refractivity contribution in [2.24, 2.45) is 0 Å². The lowest BCUT2D eigenvalue weighted by Gasteiger charge is -2.23. The van der Waals surface area contributed by atoms with Crippen molar-refractivity contribution in [2.45, 2.75) is 427 Å². The van der Waals surface area contributed by atoms with Gasteiger partial charge in [0.1, 0.15) is 39.6 Å². The normalized spacial score (nSPS) is 11.5. The molecule has 0 aliphatic heterocycles. The summed E-state index contributed by atoms with van der Waals surface area (Å²) in [6.45, 7) is 21.3. The first-order valence-corrected chi connectivity index (χ1v) is 71.7. The van der Waals surface area contributed by atoms with Gasteiger partial charge in [0.2, 0.25) is 17.7 Å². The molecule has 3 N–H and O–H groups in total. The van der Waals surface area contributed by atoms with Crippen molar-refractivity contribution < 1.29 is 71.6 Å². The fraction of sp³-hybridized carbons (Fsp3) is 0.917. The summed E-state index contributed by atoms with van der Waals surface area (Å²) in [6, 6.07) is 0. The summed E-state index contributed by atoms with van der Waals surface area (Å²) < 4.78 is 34.1. The molecule has 0 rings (SSSR count). The molecule has 3 amide bonds. The summed E-state index contributed by atoms with van der Waals surface area (Å²) in [7, 11) is 21.5. The number of nitrogens with one attached hydrogen (secondary N) is 3. The first kappa shape index (κ1) is 141. The van der Waals surface area contributed by atoms with Crippen LogP contribution in [0.5, 0.6) is 0 Å². The van der Waals surface area contributed by atoms with Gasteiger partial charge in [0, 0.05) is 167 Å². The van der Waals surface area contributed by atoms with Crippen LogP contribution < -0.4 is 16.0 Å². The Balaban J connectivity index is 6.36. The summed E-state index contributed by atoms with van der Waals surface area (Å²) in [5.41, 5.74) is 0. The molecule has 0 fully saturated rings. The highest BCUT2D eigenvalue weighted by Crippen LogP contribution is 2.29. The summed E-state index contributed by atoms with van der Waals surface area (Å²) in [4.78, 5) is 129. The van der Waals surface area contributed by atoms with Crippen LogP contribution in [0.1, 0.15) is 427 Å². The molecule has 0 aliphatic carbocycles. The summed E-state index contributed by atoms with van der Waals surface area (Å²) in [6.07, 6.45) is 64.8. The number of hydrogen-bond donors (Lipinski definition) is 3. The van der Waals surface area contributed by atoms with Gasteiger partial charge in [-0.25, -0.2) is 0 Å². The second kappa shape index (κ2) is 117. The van der Waals surface area contributed by atoms with Crippen molar-refractivity contribution >= 4 is 183 Å². The maximum absolute atomic E-state index is 13.8. The van der Waals surface area contributed by atoms with Gasteiger partial charge in [-0.1, -0.05) is 441 Å². The zero-order valence-electron chi connectivity index (χ0n) is 90.6. The number of unbranched alkanes of at least 4 members (excludes halogenated alkanes) is 42. The number of nitrogens with zero attached hydrogens (tertiary/aromatic N) is 4. The molecule has 0 radical (unpaired) electrons. The number of rotatable bonds is 117. The van der Waals surface area contributed by atoms with Crippen LogP contribution in [0.15, 0.2) is 0 Å². The highest BCUT2D eigenvalue weighted by atomic mass is 33.1. The van der Waals surface area contributed by atoms with Gasteiger partial charge in [0.05, 0.1) is 38.5 Å². The monoisotopic (exact) mass is 2230 g/mol. The van der Waals surface area contributed by atoms with Crippen molar-refractivity contribution in [2.75, 3.05) is 207 Å². The van der Waals surface area contributed by atoms with E-state index in [2.05, 4.69) is 72.2 Å². The largest absolute Gasteiger partial charge is 0.465 e. The molecule has 0 saturated heterocycles. The zero-order valence-corrected chi connectivity index (χ0v) is 100. The van der Waals surface area contributed by atoms with Gasteiger partial charge in [-0.3, -0.25) is 43.2 Å². The molecule has 0 aromatic rings. The van der Waals surface area contributed by atoms with E-state index in [1.54, 1.807) is 64.8 Å². The van der Waals surface area contributed by atoms with E-state index in [0.717, 1.165) is 34.5 Å². The van der Waals surface area contributed by atoms with Crippen LogP contribution in [-0.2, 0) is 71.6 Å². The minimum Gasteiger partial charge on any atom is -0.465 e. The topological polar surface area (TPSA) is 258 Å². The highest BCUT2D eigenvalue weighted by molar-refractivity contribution is 8.78. The lowest BCUT2D eigenvalue weighted by atomic mass is 10.1. The van der Waals surface area contributed by atoms with Gasteiger partial charge in [-0.15, -0.1) is 0 Å². The Morgan fingerprint density at radius 3 is 0.458 bits per heavy atom. The Hall–Kier alpha value is -0.730. The molecular weight excluding hydrogens is 2020 g/mol. The average molecular weight is 2230 g/mol. The van der Waals surface area contributed by atoms with Crippen LogP contribution >= 0.6 is 130 Å². The Bertz CT molecular complexity index is 2400. The number of esters is 6. The maximum atomic E-state index is 13.8. The van der Waals surface area contributed by atoms with Gasteiger partial charge in [0.25, 0.3) is 0 Å². The third-order valence-electron chi connectivity index (χ3n) is 24.2. The fourth-order valence-corrected chi connectivity index (χ4v) is 27.4. The molecule has 0 heterocycles. The molecule has 0 saturated carbocycles. The van der Waals surface area contributed by atoms with Crippen LogP contribution in [-0.4, -0.2) is 280 Å². The molecule has 0 unspecified atom stereocenters. The van der Waals surface area contributed by atoms with E-state index in [0.29, 0.717) is 172 Å². The van der Waals surface area contributed by atoms with Gasteiger partial charge in [-0.2, -0.15) is 0 Å². The highest BCUT2D eigenvalue weighted by Gasteiger charge is 2.20. The summed E-state index contributed by atoms with van der Waals surface area (Å²) in [5, 5.41) is 9.25. The van der Waals surface area contributed by atoms with E-state index in [-0.39, 0.29) is 131 Å². The quantitative estimate of drug-likeness (QED) is 0.0221. The van der Waals surface area contributed by atoms with Gasteiger partial charge in [0.15, 0.2) is 0 Å². The maximum Gasteiger partial charge on any atom is 0.307 e. The van der Waals surface area contributed by atoms with Crippen molar-refractivity contribution in [3.05, 3.63) is 0 Å². The van der Waals surface area contributed by atoms with Crippen LogP contribution in [0.2, 0.25) is 0 Å². The minimum absolute atomic E-state index is 0.105. The summed E-state index contributed by atoms with van der Waals surface area (Å²) in [5.74, 6) is 8.54. The molecule has 34 heteroatoms. The van der Waals surface area contributed by atoms with Gasteiger partial charge >= 0.3 is 35.8 Å². The fourth-order valence-electron chi connectivity index (χ4n) is 15.5. The predicted octanol–water partition coefficient (Wildman–Crippen LogP) is 28.6. The first-order chi connectivity index (χ1) is 69.7. The molecule has 0 aromatic heterocycles. The lowest BCUT2D eigenvalue weighted by Crippen LogP contribution is -2.38. The predicted molar refractivity (Wildman–Crippen MR) is 631 cm³/mol. The van der Waals surface area contributed by atoms with Crippen molar-refractivity contribution in [3.63, 3.8) is 0 Å². The van der Waals surface area contributed by atoms with E-state index in [1.165, 1.54) is 308 Å². The van der Waals surface area contributed by atoms with Crippen molar-refractivity contribution in [1.82, 2.24) is 35.6 Å². The van der Waals surface area contributed by atoms with Crippen molar-refractivity contribution in [3.8, 4) is 0 Å². The number of carbonyl (C=O) groups is 9. The number of hydrogen-bond acceptors (Lipinski definition) is 31. The van der Waals surface area contributed by atoms with E-state index < -0.39 is 0 Å². The van der Waals surface area contributed by atoms with Gasteiger partial charge < -0.3 is 64.0 Å². The number of amides is 3. The summed E-state index contributed by atoms with van der Waals surface area (Å²) >= 11 is 0. The van der Waals surface area contributed by atoms with Crippen molar-refractivity contribution in [1.29, 1.82) is 0 Å². The number of ether oxygens (including phenoxy) is 6. The third kappa shape index (κ3) is 110. The lowest BCUT2D eigenvalue weighted by molar-refractivity contribution is -0.145. The second-order valence-electron chi connectivity index (χ2n) is 37.3. The van der Waals surface area contributed by atoms with E-state index >= 15 is 0 Å². The zero-order chi connectivity index (χ0) is 103. The molecule has 0 spiro atoms. The second-order valence-corrected chi connectivity index (χ2v) is 53.5. The molecule has 142 heavy (non-hydrogen) atoms. The Morgan fingerprint density at radius 2 is 0.296 bits per heavy atom. The third-order valence-corrected chi connectivity index (χ3v) is 39.0. The Labute approximate surface area is 915 Å². The van der Waals surface area contributed by atoms with Crippen LogP contribution in [0.4, 0.5) is 0 Å². The molecule has 836 valence electrons. The average Bonchev–Trinajstić information content (AvgIpc) is 0.956. The van der Waals surface area contributed by atoms with Crippen LogP contribution in [0.25, 0.3) is 0 Å². The Morgan fingerprint density at radius 1 is 0.162 bits per heavy atom. The smallest absolute Gasteiger partial charge is 0.307 e. The Kier molecular flexibility index (Phi) is 117. The molecule has 22 nitrogen and oxygen atoms in total. The molecule has 0 aliphatic rings. The van der Waals surface area contributed by atoms with Crippen LogP contribution in [0, 0.1) is 0 Å². The molecular formula is C108H207N7O15S12. The van der Waals surface area contributed by atoms with E-state index in [9.17, 15) is 43.2 Å². The first-order valence-electron chi connectivity index (χ1n) is 56.8.